The molecule has 0 spiro atoms. The van der Waals surface area contributed by atoms with Crippen LogP contribution in [0.3, 0.4) is 0 Å². The van der Waals surface area contributed by atoms with Gasteiger partial charge < -0.3 is 10.1 Å². The van der Waals surface area contributed by atoms with Gasteiger partial charge in [0.05, 0.1) is 24.3 Å². The van der Waals surface area contributed by atoms with E-state index >= 15 is 0 Å². The lowest BCUT2D eigenvalue weighted by Crippen LogP contribution is -2.26. The fraction of sp³-hybridized carbons (Fsp3) is 0.227. The molecular formula is C22H24N2O4S2. The first-order chi connectivity index (χ1) is 14.2. The van der Waals surface area contributed by atoms with E-state index in [0.717, 1.165) is 33.6 Å². The fourth-order valence-corrected chi connectivity index (χ4v) is 4.59. The van der Waals surface area contributed by atoms with Gasteiger partial charge in [0.25, 0.3) is 5.91 Å². The summed E-state index contributed by atoms with van der Waals surface area (Å²) in [5, 5.41) is 2.99. The van der Waals surface area contributed by atoms with Crippen molar-refractivity contribution in [2.45, 2.75) is 19.9 Å². The molecule has 3 rings (SSSR count). The summed E-state index contributed by atoms with van der Waals surface area (Å²) in [6.45, 7) is 3.85. The molecule has 1 aromatic heterocycles. The number of carbonyl (C=O) groups is 1. The maximum absolute atomic E-state index is 12.8. The van der Waals surface area contributed by atoms with Crippen LogP contribution < -0.4 is 14.8 Å². The molecule has 158 valence electrons. The van der Waals surface area contributed by atoms with Gasteiger partial charge in [-0.15, -0.1) is 11.3 Å². The minimum absolute atomic E-state index is 0.170. The zero-order valence-corrected chi connectivity index (χ0v) is 18.9. The van der Waals surface area contributed by atoms with E-state index in [1.807, 2.05) is 50.2 Å². The van der Waals surface area contributed by atoms with Crippen molar-refractivity contribution in [2.24, 2.45) is 0 Å². The van der Waals surface area contributed by atoms with Crippen LogP contribution in [0.2, 0.25) is 0 Å². The maximum Gasteiger partial charge on any atom is 0.261 e. The molecule has 0 aliphatic rings. The lowest BCUT2D eigenvalue weighted by molar-refractivity contribution is 0.0944. The van der Waals surface area contributed by atoms with Gasteiger partial charge in [-0.3, -0.25) is 9.52 Å². The Morgan fingerprint density at radius 3 is 2.43 bits per heavy atom. The molecule has 0 radical (unpaired) electrons. The van der Waals surface area contributed by atoms with Gasteiger partial charge in [-0.1, -0.05) is 24.3 Å². The normalized spacial score (nSPS) is 12.3. The number of carbonyl (C=O) groups excluding carboxylic acids is 1. The molecule has 6 nitrogen and oxygen atoms in total. The summed E-state index contributed by atoms with van der Waals surface area (Å²) < 4.78 is 30.5. The highest BCUT2D eigenvalue weighted by atomic mass is 32.2. The number of rotatable bonds is 7. The number of thiophene rings is 1. The van der Waals surface area contributed by atoms with Crippen LogP contribution in [0.25, 0.3) is 11.1 Å². The van der Waals surface area contributed by atoms with E-state index in [1.54, 1.807) is 25.3 Å². The topological polar surface area (TPSA) is 84.5 Å². The molecule has 1 atom stereocenters. The van der Waals surface area contributed by atoms with Crippen LogP contribution in [0.4, 0.5) is 5.69 Å². The van der Waals surface area contributed by atoms with Gasteiger partial charge in [-0.25, -0.2) is 8.42 Å². The van der Waals surface area contributed by atoms with Gasteiger partial charge in [-0.05, 0) is 60.9 Å². The molecule has 1 heterocycles. The Labute approximate surface area is 181 Å². The number of sulfonamides is 1. The van der Waals surface area contributed by atoms with Gasteiger partial charge in [0.15, 0.2) is 0 Å². The van der Waals surface area contributed by atoms with Crippen LogP contribution in [-0.2, 0) is 10.0 Å². The highest BCUT2D eigenvalue weighted by Gasteiger charge is 2.17. The number of hydrogen-bond donors (Lipinski definition) is 2. The van der Waals surface area contributed by atoms with Crippen molar-refractivity contribution >= 4 is 33.0 Å². The van der Waals surface area contributed by atoms with Crippen molar-refractivity contribution in [2.75, 3.05) is 18.1 Å². The van der Waals surface area contributed by atoms with Gasteiger partial charge >= 0.3 is 0 Å². The van der Waals surface area contributed by atoms with Crippen LogP contribution >= 0.6 is 11.3 Å². The average molecular weight is 445 g/mol. The monoisotopic (exact) mass is 444 g/mol. The van der Waals surface area contributed by atoms with E-state index in [4.69, 9.17) is 4.74 Å². The van der Waals surface area contributed by atoms with E-state index < -0.39 is 10.0 Å². The number of methoxy groups -OCH3 is 1. The Morgan fingerprint density at radius 2 is 1.80 bits per heavy atom. The lowest BCUT2D eigenvalue weighted by Gasteiger charge is -2.15. The van der Waals surface area contributed by atoms with E-state index in [-0.39, 0.29) is 11.9 Å². The number of amides is 1. The molecule has 0 fully saturated rings. The summed E-state index contributed by atoms with van der Waals surface area (Å²) in [5.41, 5.74) is 3.31. The largest absolute Gasteiger partial charge is 0.497 e. The second-order valence-electron chi connectivity index (χ2n) is 7.00. The van der Waals surface area contributed by atoms with Gasteiger partial charge in [0.1, 0.15) is 5.75 Å². The number of ether oxygens (including phenoxy) is 1. The van der Waals surface area contributed by atoms with Gasteiger partial charge in [0.2, 0.25) is 10.0 Å². The molecular weight excluding hydrogens is 420 g/mol. The Hall–Kier alpha value is -2.84. The molecule has 2 aromatic carbocycles. The maximum atomic E-state index is 12.8. The number of anilines is 1. The van der Waals surface area contributed by atoms with E-state index in [1.165, 1.54) is 11.3 Å². The zero-order chi connectivity index (χ0) is 21.9. The summed E-state index contributed by atoms with van der Waals surface area (Å²) in [5.74, 6) is 0.614. The Bertz CT molecular complexity index is 1150. The molecule has 0 bridgehead atoms. The minimum Gasteiger partial charge on any atom is -0.497 e. The predicted molar refractivity (Wildman–Crippen MR) is 122 cm³/mol. The van der Waals surface area contributed by atoms with Crippen LogP contribution in [0, 0.1) is 6.92 Å². The summed E-state index contributed by atoms with van der Waals surface area (Å²) in [6.07, 6.45) is 1.10. The van der Waals surface area contributed by atoms with E-state index in [0.29, 0.717) is 10.6 Å². The molecule has 0 saturated carbocycles. The van der Waals surface area contributed by atoms with Crippen molar-refractivity contribution < 1.29 is 17.9 Å². The van der Waals surface area contributed by atoms with Gasteiger partial charge in [0, 0.05) is 10.6 Å². The first kappa shape index (κ1) is 21.9. The van der Waals surface area contributed by atoms with Crippen LogP contribution in [0.1, 0.15) is 33.1 Å². The summed E-state index contributed by atoms with van der Waals surface area (Å²) in [7, 11) is -1.74. The number of nitrogens with one attached hydrogen (secondary N) is 2. The Morgan fingerprint density at radius 1 is 1.10 bits per heavy atom. The standard InChI is InChI=1S/C22H24N2O4S2/c1-14(17-6-5-7-18(12-17)24-30(4,26)27)23-22(25)21-13-20(15(2)29-21)16-8-10-19(28-3)11-9-16/h5-14,24H,1-4H3,(H,23,25). The molecule has 8 heteroatoms. The van der Waals surface area contributed by atoms with Crippen molar-refractivity contribution in [3.05, 3.63) is 69.9 Å². The Kier molecular flexibility index (Phi) is 6.48. The number of benzene rings is 2. The van der Waals surface area contributed by atoms with Crippen molar-refractivity contribution in [3.63, 3.8) is 0 Å². The highest BCUT2D eigenvalue weighted by Crippen LogP contribution is 2.32. The molecule has 3 aromatic rings. The highest BCUT2D eigenvalue weighted by molar-refractivity contribution is 7.92. The molecule has 2 N–H and O–H groups in total. The third kappa shape index (κ3) is 5.40. The quantitative estimate of drug-likeness (QED) is 0.558. The second-order valence-corrected chi connectivity index (χ2v) is 10.0. The fourth-order valence-electron chi connectivity index (χ4n) is 3.09. The molecule has 30 heavy (non-hydrogen) atoms. The van der Waals surface area contributed by atoms with E-state index in [2.05, 4.69) is 10.0 Å². The van der Waals surface area contributed by atoms with Crippen LogP contribution in [0.15, 0.2) is 54.6 Å². The van der Waals surface area contributed by atoms with Crippen molar-refractivity contribution in [3.8, 4) is 16.9 Å². The molecule has 0 aliphatic carbocycles. The van der Waals surface area contributed by atoms with Crippen LogP contribution in [-0.4, -0.2) is 27.7 Å². The summed E-state index contributed by atoms with van der Waals surface area (Å²) in [6, 6.07) is 16.3. The Balaban J connectivity index is 1.75. The van der Waals surface area contributed by atoms with Crippen molar-refractivity contribution in [1.29, 1.82) is 0 Å². The number of hydrogen-bond acceptors (Lipinski definition) is 5. The zero-order valence-electron chi connectivity index (χ0n) is 17.2. The number of aryl methyl sites for hydroxylation is 1. The van der Waals surface area contributed by atoms with E-state index in [9.17, 15) is 13.2 Å². The first-order valence-corrected chi connectivity index (χ1v) is 12.0. The van der Waals surface area contributed by atoms with Gasteiger partial charge in [-0.2, -0.15) is 0 Å². The van der Waals surface area contributed by atoms with Crippen molar-refractivity contribution in [1.82, 2.24) is 5.32 Å². The third-order valence-electron chi connectivity index (χ3n) is 4.58. The second kappa shape index (κ2) is 8.89. The predicted octanol–water partition coefficient (Wildman–Crippen LogP) is 4.59. The summed E-state index contributed by atoms with van der Waals surface area (Å²) in [4.78, 5) is 14.5. The third-order valence-corrected chi connectivity index (χ3v) is 6.24. The average Bonchev–Trinajstić information content (AvgIpc) is 3.08. The lowest BCUT2D eigenvalue weighted by atomic mass is 10.1. The molecule has 1 amide bonds. The molecule has 1 unspecified atom stereocenters. The molecule has 0 aliphatic heterocycles. The summed E-state index contributed by atoms with van der Waals surface area (Å²) >= 11 is 1.44. The minimum atomic E-state index is -3.36. The first-order valence-electron chi connectivity index (χ1n) is 9.30. The smallest absolute Gasteiger partial charge is 0.261 e. The molecule has 0 saturated heterocycles. The van der Waals surface area contributed by atoms with Crippen LogP contribution in [0.5, 0.6) is 5.75 Å². The SMILES string of the molecule is COc1ccc(-c2cc(C(=O)NC(C)c3cccc(NS(C)(=O)=O)c3)sc2C)cc1.